The van der Waals surface area contributed by atoms with Gasteiger partial charge in [-0.25, -0.2) is 0 Å². The molecule has 114 valence electrons. The number of carbonyl (C=O) groups excluding carboxylic acids is 2. The van der Waals surface area contributed by atoms with E-state index in [1.54, 1.807) is 0 Å². The quantitative estimate of drug-likeness (QED) is 0.765. The molecule has 1 heterocycles. The number of likely N-dealkylation sites (N-methyl/N-ethyl adjacent to an activating group) is 1. The molecule has 0 radical (unpaired) electrons. The summed E-state index contributed by atoms with van der Waals surface area (Å²) in [6.45, 7) is 5.51. The number of rotatable bonds is 5. The van der Waals surface area contributed by atoms with Crippen molar-refractivity contribution in [3.05, 3.63) is 29.8 Å². The molecule has 1 aromatic carbocycles. The Morgan fingerprint density at radius 3 is 2.57 bits per heavy atom. The average molecular weight is 289 g/mol. The molecule has 2 unspecified atom stereocenters. The zero-order valence-corrected chi connectivity index (χ0v) is 12.6. The van der Waals surface area contributed by atoms with Crippen molar-refractivity contribution in [3.8, 4) is 0 Å². The van der Waals surface area contributed by atoms with Crippen LogP contribution in [0.2, 0.25) is 0 Å². The summed E-state index contributed by atoms with van der Waals surface area (Å²) in [5.74, 6) is 0.386. The van der Waals surface area contributed by atoms with Crippen LogP contribution in [0.1, 0.15) is 25.8 Å². The van der Waals surface area contributed by atoms with Crippen LogP contribution in [0.15, 0.2) is 24.3 Å². The van der Waals surface area contributed by atoms with E-state index in [4.69, 9.17) is 0 Å². The fourth-order valence-corrected chi connectivity index (χ4v) is 2.56. The molecule has 1 aromatic rings. The predicted octanol–water partition coefficient (Wildman–Crippen LogP) is 1.30. The summed E-state index contributed by atoms with van der Waals surface area (Å²) in [5.41, 5.74) is 1.70. The molecule has 1 aliphatic rings. The van der Waals surface area contributed by atoms with Crippen molar-refractivity contribution in [2.75, 3.05) is 18.4 Å². The van der Waals surface area contributed by atoms with Crippen LogP contribution in [0, 0.1) is 5.92 Å². The van der Waals surface area contributed by atoms with Crippen LogP contribution in [0.25, 0.3) is 0 Å². The number of carbonyl (C=O) groups is 2. The van der Waals surface area contributed by atoms with Gasteiger partial charge in [-0.3, -0.25) is 9.59 Å². The molecule has 1 saturated heterocycles. The second-order valence-electron chi connectivity index (χ2n) is 5.51. The topological polar surface area (TPSA) is 70.2 Å². The highest BCUT2D eigenvalue weighted by Gasteiger charge is 2.29. The second-order valence-corrected chi connectivity index (χ2v) is 5.51. The maximum atomic E-state index is 12.1. The fourth-order valence-electron chi connectivity index (χ4n) is 2.56. The Balaban J connectivity index is 1.90. The van der Waals surface area contributed by atoms with E-state index in [1.807, 2.05) is 31.2 Å². The number of hydrogen-bond acceptors (Lipinski definition) is 3. The Bertz CT molecular complexity index is 499. The van der Waals surface area contributed by atoms with Gasteiger partial charge in [0.15, 0.2) is 0 Å². The van der Waals surface area contributed by atoms with Crippen LogP contribution in [-0.2, 0) is 16.0 Å². The van der Waals surface area contributed by atoms with Crippen LogP contribution in [-0.4, -0.2) is 30.9 Å². The van der Waals surface area contributed by atoms with Gasteiger partial charge in [-0.15, -0.1) is 0 Å². The van der Waals surface area contributed by atoms with Crippen molar-refractivity contribution in [3.63, 3.8) is 0 Å². The summed E-state index contributed by atoms with van der Waals surface area (Å²) in [6, 6.07) is 7.31. The standard InChI is InChI=1S/C16H23N3O2/c1-3-17-14(20)10-12-4-6-13(7-5-12)19-16(21)15-11(2)8-9-18-15/h4-7,11,15,18H,3,8-10H2,1-2H3,(H,17,20)(H,19,21). The lowest BCUT2D eigenvalue weighted by molar-refractivity contribution is -0.120. The second kappa shape index (κ2) is 7.22. The van der Waals surface area contributed by atoms with Crippen molar-refractivity contribution in [1.29, 1.82) is 0 Å². The Morgan fingerprint density at radius 1 is 1.29 bits per heavy atom. The lowest BCUT2D eigenvalue weighted by atomic mass is 10.0. The molecule has 0 bridgehead atoms. The third-order valence-corrected chi connectivity index (χ3v) is 3.78. The van der Waals surface area contributed by atoms with Gasteiger partial charge in [0.2, 0.25) is 11.8 Å². The van der Waals surface area contributed by atoms with Gasteiger partial charge in [-0.2, -0.15) is 0 Å². The van der Waals surface area contributed by atoms with Crippen molar-refractivity contribution in [2.45, 2.75) is 32.7 Å². The Kier molecular flexibility index (Phi) is 5.33. The Labute approximate surface area is 125 Å². The maximum absolute atomic E-state index is 12.1. The first kappa shape index (κ1) is 15.5. The van der Waals surface area contributed by atoms with Gasteiger partial charge in [-0.05, 0) is 43.5 Å². The first-order valence-corrected chi connectivity index (χ1v) is 7.50. The fraction of sp³-hybridized carbons (Fsp3) is 0.500. The third kappa shape index (κ3) is 4.29. The van der Waals surface area contributed by atoms with E-state index in [0.717, 1.165) is 24.2 Å². The van der Waals surface area contributed by atoms with E-state index in [2.05, 4.69) is 22.9 Å². The summed E-state index contributed by atoms with van der Waals surface area (Å²) in [5, 5.41) is 8.90. The molecule has 5 heteroatoms. The summed E-state index contributed by atoms with van der Waals surface area (Å²) in [7, 11) is 0. The van der Waals surface area contributed by atoms with Gasteiger partial charge in [0, 0.05) is 12.2 Å². The highest BCUT2D eigenvalue weighted by Crippen LogP contribution is 2.17. The van der Waals surface area contributed by atoms with Gasteiger partial charge in [0.1, 0.15) is 0 Å². The van der Waals surface area contributed by atoms with Crippen LogP contribution in [0.4, 0.5) is 5.69 Å². The molecule has 2 atom stereocenters. The molecular formula is C16H23N3O2. The van der Waals surface area contributed by atoms with Gasteiger partial charge < -0.3 is 16.0 Å². The number of hydrogen-bond donors (Lipinski definition) is 3. The number of benzene rings is 1. The van der Waals surface area contributed by atoms with Crippen molar-refractivity contribution >= 4 is 17.5 Å². The van der Waals surface area contributed by atoms with E-state index in [0.29, 0.717) is 18.9 Å². The number of anilines is 1. The summed E-state index contributed by atoms with van der Waals surface area (Å²) in [6.07, 6.45) is 1.40. The minimum atomic E-state index is -0.111. The lowest BCUT2D eigenvalue weighted by Gasteiger charge is -2.15. The third-order valence-electron chi connectivity index (χ3n) is 3.78. The van der Waals surface area contributed by atoms with E-state index in [9.17, 15) is 9.59 Å². The Hall–Kier alpha value is -1.88. The normalized spacial score (nSPS) is 21.0. The predicted molar refractivity (Wildman–Crippen MR) is 83.0 cm³/mol. The summed E-state index contributed by atoms with van der Waals surface area (Å²) < 4.78 is 0. The maximum Gasteiger partial charge on any atom is 0.241 e. The minimum Gasteiger partial charge on any atom is -0.356 e. The van der Waals surface area contributed by atoms with E-state index >= 15 is 0 Å². The van der Waals surface area contributed by atoms with E-state index in [-0.39, 0.29) is 17.9 Å². The molecule has 3 N–H and O–H groups in total. The number of amides is 2. The first-order chi connectivity index (χ1) is 10.1. The molecule has 2 rings (SSSR count). The zero-order valence-electron chi connectivity index (χ0n) is 12.6. The lowest BCUT2D eigenvalue weighted by Crippen LogP contribution is -2.39. The molecule has 0 saturated carbocycles. The van der Waals surface area contributed by atoms with Crippen LogP contribution < -0.4 is 16.0 Å². The molecular weight excluding hydrogens is 266 g/mol. The largest absolute Gasteiger partial charge is 0.356 e. The SMILES string of the molecule is CCNC(=O)Cc1ccc(NC(=O)C2NCCC2C)cc1. The van der Waals surface area contributed by atoms with Crippen molar-refractivity contribution in [2.24, 2.45) is 5.92 Å². The molecule has 5 nitrogen and oxygen atoms in total. The molecule has 1 aliphatic heterocycles. The number of nitrogens with one attached hydrogen (secondary N) is 3. The van der Waals surface area contributed by atoms with Gasteiger partial charge >= 0.3 is 0 Å². The van der Waals surface area contributed by atoms with E-state index < -0.39 is 0 Å². The average Bonchev–Trinajstić information content (AvgIpc) is 2.87. The first-order valence-electron chi connectivity index (χ1n) is 7.50. The molecule has 0 aliphatic carbocycles. The van der Waals surface area contributed by atoms with Gasteiger partial charge in [0.25, 0.3) is 0 Å². The molecule has 0 spiro atoms. The minimum absolute atomic E-state index is 0.0106. The highest BCUT2D eigenvalue weighted by atomic mass is 16.2. The van der Waals surface area contributed by atoms with Gasteiger partial charge in [-0.1, -0.05) is 19.1 Å². The van der Waals surface area contributed by atoms with Crippen LogP contribution in [0.3, 0.4) is 0 Å². The van der Waals surface area contributed by atoms with Crippen molar-refractivity contribution in [1.82, 2.24) is 10.6 Å². The summed E-state index contributed by atoms with van der Waals surface area (Å²) in [4.78, 5) is 23.6. The van der Waals surface area contributed by atoms with Crippen LogP contribution >= 0.6 is 0 Å². The monoisotopic (exact) mass is 289 g/mol. The van der Waals surface area contributed by atoms with Crippen LogP contribution in [0.5, 0.6) is 0 Å². The smallest absolute Gasteiger partial charge is 0.241 e. The zero-order chi connectivity index (χ0) is 15.2. The van der Waals surface area contributed by atoms with Gasteiger partial charge in [0.05, 0.1) is 12.5 Å². The van der Waals surface area contributed by atoms with E-state index in [1.165, 1.54) is 0 Å². The Morgan fingerprint density at radius 2 is 2.00 bits per heavy atom. The highest BCUT2D eigenvalue weighted by molar-refractivity contribution is 5.95. The molecule has 1 fully saturated rings. The molecule has 2 amide bonds. The molecule has 21 heavy (non-hydrogen) atoms. The molecule has 0 aromatic heterocycles. The van der Waals surface area contributed by atoms with Crippen molar-refractivity contribution < 1.29 is 9.59 Å². The summed E-state index contributed by atoms with van der Waals surface area (Å²) >= 11 is 0.